The number of ketones is 1. The normalized spacial score (nSPS) is 15.9. The van der Waals surface area contributed by atoms with Crippen molar-refractivity contribution in [3.05, 3.63) is 80.1 Å². The lowest BCUT2D eigenvalue weighted by Gasteiger charge is -2.32. The molecule has 0 radical (unpaired) electrons. The zero-order chi connectivity index (χ0) is 23.5. The Bertz CT molecular complexity index is 1260. The fourth-order valence-corrected chi connectivity index (χ4v) is 3.67. The van der Waals surface area contributed by atoms with Crippen molar-refractivity contribution in [1.29, 1.82) is 0 Å². The molecule has 4 rings (SSSR count). The number of nitrogens with one attached hydrogen (secondary N) is 2. The van der Waals surface area contributed by atoms with E-state index in [4.69, 9.17) is 4.74 Å². The van der Waals surface area contributed by atoms with Gasteiger partial charge in [-0.25, -0.2) is 0 Å². The van der Waals surface area contributed by atoms with Crippen LogP contribution in [0.1, 0.15) is 22.8 Å². The van der Waals surface area contributed by atoms with Gasteiger partial charge in [-0.15, -0.1) is 0 Å². The second-order valence-electron chi connectivity index (χ2n) is 7.80. The summed E-state index contributed by atoms with van der Waals surface area (Å²) < 4.78 is 5.37. The highest BCUT2D eigenvalue weighted by molar-refractivity contribution is 5.99. The third-order valence-electron chi connectivity index (χ3n) is 5.56. The predicted molar refractivity (Wildman–Crippen MR) is 123 cm³/mol. The zero-order valence-corrected chi connectivity index (χ0v) is 18.0. The molecule has 170 valence electrons. The summed E-state index contributed by atoms with van der Waals surface area (Å²) >= 11 is 0. The Hall–Kier alpha value is -3.98. The fraction of sp³-hybridized carbons (Fsp3) is 0.250. The van der Waals surface area contributed by atoms with Gasteiger partial charge in [0.25, 0.3) is 16.8 Å². The quantitative estimate of drug-likeness (QED) is 0.368. The number of anilines is 3. The monoisotopic (exact) mass is 449 g/mol. The van der Waals surface area contributed by atoms with Gasteiger partial charge in [-0.1, -0.05) is 36.4 Å². The number of ether oxygens (including phenoxy) is 1. The summed E-state index contributed by atoms with van der Waals surface area (Å²) in [6.07, 6.45) is -0.701. The maximum Gasteiger partial charge on any atom is 0.257 e. The fourth-order valence-electron chi connectivity index (χ4n) is 3.67. The summed E-state index contributed by atoms with van der Waals surface area (Å²) in [6.45, 7) is 2.34. The van der Waals surface area contributed by atoms with Gasteiger partial charge < -0.3 is 25.4 Å². The van der Waals surface area contributed by atoms with Crippen LogP contribution in [0.15, 0.2) is 58.1 Å². The van der Waals surface area contributed by atoms with Crippen molar-refractivity contribution in [1.82, 2.24) is 4.90 Å². The van der Waals surface area contributed by atoms with E-state index in [1.807, 2.05) is 30.3 Å². The standard InChI is InChI=1S/C24H23N3O6/c1-14(28)18-13-27(10-11-33-18)24(32)16-8-5-9-17(21(16)29)26-20-19(22(30)23(20)31)25-12-15-6-3-2-4-7-15/h2-9,18,25-26,29H,10-13H2,1H3. The molecule has 0 spiro atoms. The van der Waals surface area contributed by atoms with Gasteiger partial charge in [0.15, 0.2) is 11.5 Å². The highest BCUT2D eigenvalue weighted by Crippen LogP contribution is 2.32. The van der Waals surface area contributed by atoms with Crippen LogP contribution in [-0.4, -0.2) is 47.5 Å². The van der Waals surface area contributed by atoms with E-state index in [9.17, 15) is 24.3 Å². The molecule has 1 fully saturated rings. The van der Waals surface area contributed by atoms with Gasteiger partial charge in [0.2, 0.25) is 0 Å². The number of carbonyl (C=O) groups is 2. The molecule has 1 unspecified atom stereocenters. The molecular formula is C24H23N3O6. The number of Topliss-reactive ketones (excluding diaryl/α,β-unsaturated/α-hetero) is 1. The van der Waals surface area contributed by atoms with E-state index in [2.05, 4.69) is 10.6 Å². The zero-order valence-electron chi connectivity index (χ0n) is 18.0. The van der Waals surface area contributed by atoms with Crippen LogP contribution >= 0.6 is 0 Å². The van der Waals surface area contributed by atoms with Crippen LogP contribution in [-0.2, 0) is 16.1 Å². The number of amides is 1. The number of rotatable bonds is 7. The number of morpholine rings is 1. The van der Waals surface area contributed by atoms with E-state index in [-0.39, 0.29) is 53.9 Å². The molecule has 1 aliphatic heterocycles. The summed E-state index contributed by atoms with van der Waals surface area (Å²) in [6, 6.07) is 13.9. The largest absolute Gasteiger partial charge is 0.505 e. The SMILES string of the molecule is CC(=O)C1CN(C(=O)c2cccc(Nc3c(NCc4ccccc4)c(=O)c3=O)c2O)CCO1. The summed E-state index contributed by atoms with van der Waals surface area (Å²) in [5.41, 5.74) is -0.144. The minimum atomic E-state index is -0.709. The van der Waals surface area contributed by atoms with Crippen LogP contribution < -0.4 is 21.5 Å². The van der Waals surface area contributed by atoms with Gasteiger partial charge in [-0.05, 0) is 24.6 Å². The Morgan fingerprint density at radius 2 is 1.79 bits per heavy atom. The van der Waals surface area contributed by atoms with Crippen molar-refractivity contribution in [3.63, 3.8) is 0 Å². The molecule has 3 aromatic carbocycles. The van der Waals surface area contributed by atoms with Gasteiger partial charge in [-0.2, -0.15) is 0 Å². The molecule has 3 N–H and O–H groups in total. The number of phenolic OH excluding ortho intramolecular Hbond substituents is 1. The van der Waals surface area contributed by atoms with Crippen LogP contribution in [0.4, 0.5) is 17.1 Å². The minimum Gasteiger partial charge on any atom is -0.505 e. The van der Waals surface area contributed by atoms with E-state index in [1.54, 1.807) is 6.07 Å². The maximum absolute atomic E-state index is 13.0. The van der Waals surface area contributed by atoms with Gasteiger partial charge in [0.05, 0.1) is 24.4 Å². The Balaban J connectivity index is 1.53. The molecule has 9 heteroatoms. The average Bonchev–Trinajstić information content (AvgIpc) is 2.84. The van der Waals surface area contributed by atoms with Gasteiger partial charge in [0, 0.05) is 13.1 Å². The number of benzene rings is 2. The van der Waals surface area contributed by atoms with E-state index < -0.39 is 22.9 Å². The first-order valence-corrected chi connectivity index (χ1v) is 10.5. The average molecular weight is 449 g/mol. The second-order valence-corrected chi connectivity index (χ2v) is 7.80. The number of aromatic hydroxyl groups is 1. The Morgan fingerprint density at radius 1 is 1.06 bits per heavy atom. The third-order valence-corrected chi connectivity index (χ3v) is 5.56. The van der Waals surface area contributed by atoms with Crippen molar-refractivity contribution in [2.45, 2.75) is 19.6 Å². The first-order chi connectivity index (χ1) is 15.9. The molecule has 0 saturated carbocycles. The lowest BCUT2D eigenvalue weighted by molar-refractivity contribution is -0.132. The highest BCUT2D eigenvalue weighted by atomic mass is 16.5. The second kappa shape index (κ2) is 9.25. The van der Waals surface area contributed by atoms with Crippen molar-refractivity contribution in [2.75, 3.05) is 30.3 Å². The number of hydrogen-bond donors (Lipinski definition) is 3. The van der Waals surface area contributed by atoms with E-state index in [0.717, 1.165) is 5.56 Å². The molecule has 0 aliphatic carbocycles. The van der Waals surface area contributed by atoms with Crippen LogP contribution in [0, 0.1) is 0 Å². The van der Waals surface area contributed by atoms with E-state index in [0.29, 0.717) is 6.54 Å². The Kier molecular flexibility index (Phi) is 6.23. The lowest BCUT2D eigenvalue weighted by atomic mass is 10.1. The van der Waals surface area contributed by atoms with Crippen molar-refractivity contribution in [3.8, 4) is 5.75 Å². The summed E-state index contributed by atoms with van der Waals surface area (Å²) in [7, 11) is 0. The first kappa shape index (κ1) is 22.2. The highest BCUT2D eigenvalue weighted by Gasteiger charge is 2.30. The molecule has 1 amide bonds. The Labute approximate surface area is 189 Å². The molecule has 1 saturated heterocycles. The minimum absolute atomic E-state index is 0.0155. The predicted octanol–water partition coefficient (Wildman–Crippen LogP) is 1.77. The van der Waals surface area contributed by atoms with Crippen LogP contribution in [0.25, 0.3) is 0 Å². The maximum atomic E-state index is 13.0. The van der Waals surface area contributed by atoms with Crippen molar-refractivity contribution < 1.29 is 19.4 Å². The summed E-state index contributed by atoms with van der Waals surface area (Å²) in [5.74, 6) is -0.990. The molecule has 3 aromatic rings. The molecule has 1 aliphatic rings. The molecule has 0 bridgehead atoms. The van der Waals surface area contributed by atoms with Crippen LogP contribution in [0.3, 0.4) is 0 Å². The number of para-hydroxylation sites is 1. The van der Waals surface area contributed by atoms with Crippen molar-refractivity contribution in [2.24, 2.45) is 0 Å². The first-order valence-electron chi connectivity index (χ1n) is 10.5. The smallest absolute Gasteiger partial charge is 0.257 e. The Morgan fingerprint density at radius 3 is 2.52 bits per heavy atom. The molecule has 33 heavy (non-hydrogen) atoms. The van der Waals surface area contributed by atoms with E-state index >= 15 is 0 Å². The number of hydrogen-bond acceptors (Lipinski definition) is 8. The molecule has 1 atom stereocenters. The molecule has 0 aromatic heterocycles. The van der Waals surface area contributed by atoms with Crippen molar-refractivity contribution >= 4 is 28.8 Å². The number of phenols is 1. The van der Waals surface area contributed by atoms with Gasteiger partial charge >= 0.3 is 0 Å². The van der Waals surface area contributed by atoms with Gasteiger partial charge in [-0.3, -0.25) is 19.2 Å². The number of carbonyl (C=O) groups excluding carboxylic acids is 2. The third kappa shape index (κ3) is 4.49. The lowest BCUT2D eigenvalue weighted by Crippen LogP contribution is -2.48. The molecular weight excluding hydrogens is 426 g/mol. The van der Waals surface area contributed by atoms with Crippen LogP contribution in [0.5, 0.6) is 5.75 Å². The van der Waals surface area contributed by atoms with E-state index in [1.165, 1.54) is 24.0 Å². The summed E-state index contributed by atoms with van der Waals surface area (Å²) in [5, 5.41) is 16.5. The van der Waals surface area contributed by atoms with Crippen LogP contribution in [0.2, 0.25) is 0 Å². The topological polar surface area (TPSA) is 125 Å². The number of nitrogens with zero attached hydrogens (tertiary/aromatic N) is 1. The summed E-state index contributed by atoms with van der Waals surface area (Å²) in [4.78, 5) is 50.3. The molecule has 1 heterocycles. The van der Waals surface area contributed by atoms with Gasteiger partial charge in [0.1, 0.15) is 17.5 Å². The molecule has 9 nitrogen and oxygen atoms in total.